The second-order valence-corrected chi connectivity index (χ2v) is 1.02. The summed E-state index contributed by atoms with van der Waals surface area (Å²) in [7, 11) is 0. The van der Waals surface area contributed by atoms with Gasteiger partial charge in [0.05, 0.1) is 8.41 Å². The predicted octanol–water partition coefficient (Wildman–Crippen LogP) is 0.924. The van der Waals surface area contributed by atoms with Crippen molar-refractivity contribution in [3.63, 3.8) is 0 Å². The maximum atomic E-state index is 3.78. The fourth-order valence-electron chi connectivity index (χ4n) is 0.313. The summed E-state index contributed by atoms with van der Waals surface area (Å²) in [5.41, 5.74) is 0. The van der Waals surface area contributed by atoms with Crippen LogP contribution in [0.25, 0.3) is 0 Å². The van der Waals surface area contributed by atoms with Crippen molar-refractivity contribution < 1.29 is 0 Å². The standard InChI is InChI=1S/C5H5N.C2H6.BH3/c1-2-4-6-5-3-1;1-2;/h1-5H;1-2H3;1H3. The molecule has 0 aliphatic heterocycles. The lowest BCUT2D eigenvalue weighted by atomic mass is 10.5. The van der Waals surface area contributed by atoms with Crippen molar-refractivity contribution in [1.82, 2.24) is 4.98 Å². The quantitative estimate of drug-likeness (QED) is 0.467. The van der Waals surface area contributed by atoms with E-state index in [2.05, 4.69) is 4.98 Å². The van der Waals surface area contributed by atoms with Gasteiger partial charge >= 0.3 is 0 Å². The molecule has 0 saturated carbocycles. The van der Waals surface area contributed by atoms with Gasteiger partial charge in [0.15, 0.2) is 0 Å². The van der Waals surface area contributed by atoms with Gasteiger partial charge in [0, 0.05) is 12.4 Å². The van der Waals surface area contributed by atoms with Gasteiger partial charge in [-0.05, 0) is 12.1 Å². The lowest BCUT2D eigenvalue weighted by Gasteiger charge is -1.70. The van der Waals surface area contributed by atoms with Crippen LogP contribution >= 0.6 is 0 Å². The van der Waals surface area contributed by atoms with Gasteiger partial charge in [-0.15, -0.1) is 0 Å². The average Bonchev–Trinajstić information content (AvgIpc) is 1.96. The molecule has 0 fully saturated rings. The third-order valence-corrected chi connectivity index (χ3v) is 0.566. The van der Waals surface area contributed by atoms with E-state index in [1.165, 1.54) is 0 Å². The Morgan fingerprint density at radius 2 is 1.33 bits per heavy atom. The summed E-state index contributed by atoms with van der Waals surface area (Å²) in [5, 5.41) is 0. The molecule has 1 aromatic rings. The second-order valence-electron chi connectivity index (χ2n) is 1.02. The van der Waals surface area contributed by atoms with E-state index < -0.39 is 0 Å². The van der Waals surface area contributed by atoms with Gasteiger partial charge in [0.25, 0.3) is 0 Å². The Morgan fingerprint density at radius 3 is 1.44 bits per heavy atom. The smallest absolute Gasteiger partial charge is 0.0814 e. The van der Waals surface area contributed by atoms with Crippen LogP contribution in [0.15, 0.2) is 30.6 Å². The molecule has 0 aliphatic rings. The molecule has 1 nitrogen and oxygen atoms in total. The molecule has 0 radical (unpaired) electrons. The van der Waals surface area contributed by atoms with E-state index in [-0.39, 0.29) is 8.41 Å². The van der Waals surface area contributed by atoms with Crippen LogP contribution in [0.4, 0.5) is 0 Å². The zero-order valence-corrected chi connectivity index (χ0v) is 5.33. The Morgan fingerprint density at radius 1 is 0.889 bits per heavy atom. The molecule has 1 rings (SSSR count). The summed E-state index contributed by atoms with van der Waals surface area (Å²) in [6, 6.07) is 5.72. The van der Waals surface area contributed by atoms with Gasteiger partial charge < -0.3 is 0 Å². The van der Waals surface area contributed by atoms with E-state index in [4.69, 9.17) is 0 Å². The molecule has 0 amide bonds. The molecule has 0 aliphatic carbocycles. The van der Waals surface area contributed by atoms with E-state index in [0.717, 1.165) is 0 Å². The van der Waals surface area contributed by atoms with Crippen LogP contribution in [0.3, 0.4) is 0 Å². The molecule has 0 spiro atoms. The van der Waals surface area contributed by atoms with Crippen molar-refractivity contribution in [1.29, 1.82) is 0 Å². The van der Waals surface area contributed by atoms with Crippen molar-refractivity contribution >= 4 is 8.41 Å². The summed E-state index contributed by atoms with van der Waals surface area (Å²) in [6.45, 7) is 4.00. The first-order valence-corrected chi connectivity index (χ1v) is 2.85. The minimum absolute atomic E-state index is 0. The number of nitrogens with zero attached hydrogens (tertiary/aromatic N) is 1. The van der Waals surface area contributed by atoms with Gasteiger partial charge in [-0.3, -0.25) is 4.98 Å². The highest BCUT2D eigenvalue weighted by atomic mass is 14.6. The van der Waals surface area contributed by atoms with Crippen LogP contribution in [0.5, 0.6) is 0 Å². The number of aromatic nitrogens is 1. The lowest BCUT2D eigenvalue weighted by Crippen LogP contribution is -1.58. The lowest BCUT2D eigenvalue weighted by molar-refractivity contribution is 1.33. The minimum atomic E-state index is 0. The Bertz CT molecular complexity index is 80.8. The number of hydrogen-bond donors (Lipinski definition) is 0. The molecule has 2 heteroatoms. The molecule has 1 heterocycles. The molecule has 0 aromatic carbocycles. The Labute approximate surface area is 58.7 Å². The molecular formula is C7H14BN. The highest BCUT2D eigenvalue weighted by Crippen LogP contribution is 1.73. The summed E-state index contributed by atoms with van der Waals surface area (Å²) in [4.78, 5) is 3.78. The third kappa shape index (κ3) is 7.21. The fraction of sp³-hybridized carbons (Fsp3) is 0.286. The molecule has 0 bridgehead atoms. The zero-order chi connectivity index (χ0) is 6.24. The molecule has 0 unspecified atom stereocenters. The fourth-order valence-corrected chi connectivity index (χ4v) is 0.313. The van der Waals surface area contributed by atoms with Gasteiger partial charge in [0.2, 0.25) is 0 Å². The van der Waals surface area contributed by atoms with Crippen molar-refractivity contribution in [3.8, 4) is 0 Å². The van der Waals surface area contributed by atoms with Crippen LogP contribution in [0.2, 0.25) is 0 Å². The van der Waals surface area contributed by atoms with Gasteiger partial charge in [-0.1, -0.05) is 19.9 Å². The highest BCUT2D eigenvalue weighted by molar-refractivity contribution is 5.75. The summed E-state index contributed by atoms with van der Waals surface area (Å²) in [5.74, 6) is 0. The summed E-state index contributed by atoms with van der Waals surface area (Å²) < 4.78 is 0. The van der Waals surface area contributed by atoms with Crippen LogP contribution in [0, 0.1) is 0 Å². The molecule has 9 heavy (non-hydrogen) atoms. The molecule has 0 saturated heterocycles. The zero-order valence-electron chi connectivity index (χ0n) is 5.33. The average molecular weight is 123 g/mol. The van der Waals surface area contributed by atoms with Gasteiger partial charge in [-0.2, -0.15) is 0 Å². The predicted molar refractivity (Wildman–Crippen MR) is 45.5 cm³/mol. The van der Waals surface area contributed by atoms with Crippen molar-refractivity contribution in [2.75, 3.05) is 0 Å². The van der Waals surface area contributed by atoms with Crippen molar-refractivity contribution in [2.45, 2.75) is 13.8 Å². The van der Waals surface area contributed by atoms with Crippen LogP contribution < -0.4 is 0 Å². The normalized spacial score (nSPS) is 6.00. The Hall–Kier alpha value is -0.785. The summed E-state index contributed by atoms with van der Waals surface area (Å²) in [6.07, 6.45) is 3.50. The monoisotopic (exact) mass is 123 g/mol. The SMILES string of the molecule is B.CC.c1ccncc1. The maximum absolute atomic E-state index is 3.78. The van der Waals surface area contributed by atoms with Crippen LogP contribution in [0.1, 0.15) is 13.8 Å². The van der Waals surface area contributed by atoms with Crippen LogP contribution in [-0.2, 0) is 0 Å². The maximum Gasteiger partial charge on any atom is 0.0814 e. The number of rotatable bonds is 0. The van der Waals surface area contributed by atoms with Gasteiger partial charge in [0.1, 0.15) is 0 Å². The number of pyridine rings is 1. The van der Waals surface area contributed by atoms with E-state index >= 15 is 0 Å². The van der Waals surface area contributed by atoms with E-state index in [1.54, 1.807) is 12.4 Å². The van der Waals surface area contributed by atoms with E-state index in [9.17, 15) is 0 Å². The molecule has 0 atom stereocenters. The van der Waals surface area contributed by atoms with Crippen molar-refractivity contribution in [2.24, 2.45) is 0 Å². The largest absolute Gasteiger partial charge is 0.265 e. The number of hydrogen-bond acceptors (Lipinski definition) is 1. The molecule has 0 N–H and O–H groups in total. The van der Waals surface area contributed by atoms with E-state index in [0.29, 0.717) is 0 Å². The van der Waals surface area contributed by atoms with Gasteiger partial charge in [-0.25, -0.2) is 0 Å². The first-order valence-electron chi connectivity index (χ1n) is 2.85. The molecule has 50 valence electrons. The van der Waals surface area contributed by atoms with Crippen molar-refractivity contribution in [3.05, 3.63) is 30.6 Å². The van der Waals surface area contributed by atoms with E-state index in [1.807, 2.05) is 32.0 Å². The molecule has 1 aromatic heterocycles. The first kappa shape index (κ1) is 11.1. The Balaban J connectivity index is 0. The topological polar surface area (TPSA) is 12.9 Å². The molecular weight excluding hydrogens is 109 g/mol. The highest BCUT2D eigenvalue weighted by Gasteiger charge is 1.58. The first-order chi connectivity index (χ1) is 4.00. The second kappa shape index (κ2) is 10.2. The minimum Gasteiger partial charge on any atom is -0.265 e. The third-order valence-electron chi connectivity index (χ3n) is 0.566. The Kier molecular flexibility index (Phi) is 12.6. The van der Waals surface area contributed by atoms with Crippen LogP contribution in [-0.4, -0.2) is 13.4 Å². The summed E-state index contributed by atoms with van der Waals surface area (Å²) >= 11 is 0.